The predicted octanol–water partition coefficient (Wildman–Crippen LogP) is 6.17. The van der Waals surface area contributed by atoms with Gasteiger partial charge in [-0.25, -0.2) is 8.42 Å². The summed E-state index contributed by atoms with van der Waals surface area (Å²) in [5, 5.41) is 3.71. The minimum Gasteiger partial charge on any atom is -0.350 e. The van der Waals surface area contributed by atoms with Crippen molar-refractivity contribution in [1.82, 2.24) is 10.2 Å². The average molecular weight is 611 g/mol. The molecule has 0 aliphatic heterocycles. The quantitative estimate of drug-likeness (QED) is 0.314. The lowest BCUT2D eigenvalue weighted by Crippen LogP contribution is -2.54. The Morgan fingerprint density at radius 2 is 1.54 bits per heavy atom. The number of benzene rings is 3. The maximum atomic E-state index is 13.9. The van der Waals surface area contributed by atoms with E-state index in [4.69, 9.17) is 34.8 Å². The minimum atomic E-state index is -4.24. The van der Waals surface area contributed by atoms with Crippen LogP contribution in [-0.2, 0) is 26.2 Å². The first kappa shape index (κ1) is 30.8. The summed E-state index contributed by atoms with van der Waals surface area (Å²) in [7, 11) is -4.24. The summed E-state index contributed by atoms with van der Waals surface area (Å²) in [6.45, 7) is 6.49. The molecule has 11 heteroatoms. The third-order valence-corrected chi connectivity index (χ3v) is 8.24. The number of carbonyl (C=O) groups is 2. The van der Waals surface area contributed by atoms with Crippen molar-refractivity contribution in [2.24, 2.45) is 0 Å². The highest BCUT2D eigenvalue weighted by molar-refractivity contribution is 7.92. The second-order valence-corrected chi connectivity index (χ2v) is 13.1. The molecule has 0 radical (unpaired) electrons. The summed E-state index contributed by atoms with van der Waals surface area (Å²) in [6, 6.07) is 18.0. The SMILES string of the molecule is C[C@H](C(=O)NC(C)(C)C)N(Cc1cccc(Cl)c1)C(=O)CN(c1ccc(Cl)cc1Cl)S(=O)(=O)c1ccccc1. The number of nitrogens with zero attached hydrogens (tertiary/aromatic N) is 2. The molecule has 0 aliphatic rings. The lowest BCUT2D eigenvalue weighted by Gasteiger charge is -2.33. The van der Waals surface area contributed by atoms with E-state index in [1.165, 1.54) is 35.2 Å². The number of amides is 2. The molecule has 0 saturated heterocycles. The first-order valence-corrected chi connectivity index (χ1v) is 14.7. The molecule has 39 heavy (non-hydrogen) atoms. The highest BCUT2D eigenvalue weighted by Gasteiger charge is 2.34. The summed E-state index contributed by atoms with van der Waals surface area (Å²) in [4.78, 5) is 28.3. The van der Waals surface area contributed by atoms with Gasteiger partial charge in [0.15, 0.2) is 0 Å². The molecule has 1 atom stereocenters. The lowest BCUT2D eigenvalue weighted by atomic mass is 10.1. The predicted molar refractivity (Wildman–Crippen MR) is 157 cm³/mol. The first-order valence-electron chi connectivity index (χ1n) is 12.1. The van der Waals surface area contributed by atoms with Gasteiger partial charge in [-0.05, 0) is 75.7 Å². The second kappa shape index (κ2) is 12.6. The van der Waals surface area contributed by atoms with Gasteiger partial charge < -0.3 is 10.2 Å². The zero-order chi connectivity index (χ0) is 29.0. The Bertz CT molecular complexity index is 1440. The Hall–Kier alpha value is -2.78. The van der Waals surface area contributed by atoms with Crippen molar-refractivity contribution in [2.75, 3.05) is 10.8 Å². The third kappa shape index (κ3) is 8.11. The fourth-order valence-corrected chi connectivity index (χ4v) is 6.03. The van der Waals surface area contributed by atoms with Crippen molar-refractivity contribution in [3.63, 3.8) is 0 Å². The first-order chi connectivity index (χ1) is 18.2. The Labute approximate surface area is 244 Å². The smallest absolute Gasteiger partial charge is 0.264 e. The topological polar surface area (TPSA) is 86.8 Å². The van der Waals surface area contributed by atoms with Crippen LogP contribution in [0.2, 0.25) is 15.1 Å². The minimum absolute atomic E-state index is 0.0195. The molecule has 0 fully saturated rings. The van der Waals surface area contributed by atoms with Crippen LogP contribution in [-0.4, -0.2) is 43.3 Å². The summed E-state index contributed by atoms with van der Waals surface area (Å²) in [6.07, 6.45) is 0. The van der Waals surface area contributed by atoms with Gasteiger partial charge in [0.25, 0.3) is 10.0 Å². The number of carbonyl (C=O) groups excluding carboxylic acids is 2. The average Bonchev–Trinajstić information content (AvgIpc) is 2.85. The molecule has 3 aromatic carbocycles. The number of anilines is 1. The van der Waals surface area contributed by atoms with E-state index in [0.29, 0.717) is 15.6 Å². The van der Waals surface area contributed by atoms with Crippen LogP contribution in [0.4, 0.5) is 5.69 Å². The molecule has 3 aromatic rings. The van der Waals surface area contributed by atoms with Crippen LogP contribution in [0.3, 0.4) is 0 Å². The largest absolute Gasteiger partial charge is 0.350 e. The van der Waals surface area contributed by atoms with Gasteiger partial charge in [0, 0.05) is 22.1 Å². The maximum Gasteiger partial charge on any atom is 0.264 e. The molecule has 3 rings (SSSR count). The molecular formula is C28H30Cl3N3O4S. The summed E-state index contributed by atoms with van der Waals surface area (Å²) < 4.78 is 28.5. The zero-order valence-corrected chi connectivity index (χ0v) is 25.1. The molecule has 1 N–H and O–H groups in total. The monoisotopic (exact) mass is 609 g/mol. The van der Waals surface area contributed by atoms with Gasteiger partial charge in [0.05, 0.1) is 15.6 Å². The molecule has 7 nitrogen and oxygen atoms in total. The molecule has 0 heterocycles. The molecule has 0 aromatic heterocycles. The van der Waals surface area contributed by atoms with E-state index in [0.717, 1.165) is 4.31 Å². The molecule has 0 bridgehead atoms. The Morgan fingerprint density at radius 3 is 2.13 bits per heavy atom. The Kier molecular flexibility index (Phi) is 9.93. The van der Waals surface area contributed by atoms with Gasteiger partial charge in [0.2, 0.25) is 11.8 Å². The van der Waals surface area contributed by atoms with Gasteiger partial charge in [-0.15, -0.1) is 0 Å². The van der Waals surface area contributed by atoms with E-state index < -0.39 is 34.1 Å². The Balaban J connectivity index is 2.06. The van der Waals surface area contributed by atoms with E-state index >= 15 is 0 Å². The van der Waals surface area contributed by atoms with Gasteiger partial charge in [-0.2, -0.15) is 0 Å². The van der Waals surface area contributed by atoms with Crippen LogP contribution in [0, 0.1) is 0 Å². The highest BCUT2D eigenvalue weighted by atomic mass is 35.5. The van der Waals surface area contributed by atoms with E-state index in [-0.39, 0.29) is 28.1 Å². The van der Waals surface area contributed by atoms with Crippen LogP contribution in [0.5, 0.6) is 0 Å². The number of hydrogen-bond donors (Lipinski definition) is 1. The van der Waals surface area contributed by atoms with E-state index in [1.54, 1.807) is 49.4 Å². The highest BCUT2D eigenvalue weighted by Crippen LogP contribution is 2.33. The van der Waals surface area contributed by atoms with Crippen LogP contribution in [0.15, 0.2) is 77.7 Å². The molecular weight excluding hydrogens is 581 g/mol. The van der Waals surface area contributed by atoms with Crippen LogP contribution in [0.25, 0.3) is 0 Å². The fourth-order valence-electron chi connectivity index (χ4n) is 3.81. The molecule has 0 spiro atoms. The molecule has 2 amide bonds. The maximum absolute atomic E-state index is 13.9. The number of rotatable bonds is 9. The van der Waals surface area contributed by atoms with Crippen molar-refractivity contribution in [2.45, 2.75) is 50.7 Å². The van der Waals surface area contributed by atoms with Crippen molar-refractivity contribution >= 4 is 62.3 Å². The van der Waals surface area contributed by atoms with Crippen LogP contribution < -0.4 is 9.62 Å². The van der Waals surface area contributed by atoms with Crippen molar-refractivity contribution in [1.29, 1.82) is 0 Å². The van der Waals surface area contributed by atoms with Crippen LogP contribution in [0.1, 0.15) is 33.3 Å². The zero-order valence-electron chi connectivity index (χ0n) is 22.0. The second-order valence-electron chi connectivity index (χ2n) is 9.99. The third-order valence-electron chi connectivity index (χ3n) is 5.70. The van der Waals surface area contributed by atoms with E-state index in [1.807, 2.05) is 20.8 Å². The summed E-state index contributed by atoms with van der Waals surface area (Å²) in [5.74, 6) is -1.00. The van der Waals surface area contributed by atoms with Gasteiger partial charge in [-0.1, -0.05) is 65.1 Å². The number of nitrogens with one attached hydrogen (secondary N) is 1. The molecule has 208 valence electrons. The molecule has 0 aliphatic carbocycles. The fraction of sp³-hybridized carbons (Fsp3) is 0.286. The van der Waals surface area contributed by atoms with Gasteiger partial charge in [-0.3, -0.25) is 13.9 Å². The van der Waals surface area contributed by atoms with Crippen molar-refractivity contribution < 1.29 is 18.0 Å². The molecule has 0 unspecified atom stereocenters. The normalized spacial score (nSPS) is 12.5. The Morgan fingerprint density at radius 1 is 0.897 bits per heavy atom. The van der Waals surface area contributed by atoms with Crippen molar-refractivity contribution in [3.8, 4) is 0 Å². The molecule has 0 saturated carbocycles. The van der Waals surface area contributed by atoms with Crippen molar-refractivity contribution in [3.05, 3.63) is 93.4 Å². The standard InChI is InChI=1S/C28H30Cl3N3O4S/c1-19(27(36)32-28(2,3)4)33(17-20-9-8-10-21(29)15-20)26(35)18-34(25-14-13-22(30)16-24(25)31)39(37,38)23-11-6-5-7-12-23/h5-16,19H,17-18H2,1-4H3,(H,32,36)/t19-/m1/s1. The van der Waals surface area contributed by atoms with E-state index in [2.05, 4.69) is 5.32 Å². The summed E-state index contributed by atoms with van der Waals surface area (Å²) >= 11 is 18.6. The number of hydrogen-bond acceptors (Lipinski definition) is 4. The summed E-state index contributed by atoms with van der Waals surface area (Å²) in [5.41, 5.74) is 0.205. The van der Waals surface area contributed by atoms with Gasteiger partial charge >= 0.3 is 0 Å². The van der Waals surface area contributed by atoms with Gasteiger partial charge in [0.1, 0.15) is 12.6 Å². The number of halogens is 3. The number of sulfonamides is 1. The lowest BCUT2D eigenvalue weighted by molar-refractivity contribution is -0.140. The van der Waals surface area contributed by atoms with Crippen LogP contribution >= 0.6 is 34.8 Å². The van der Waals surface area contributed by atoms with E-state index in [9.17, 15) is 18.0 Å².